The van der Waals surface area contributed by atoms with Gasteiger partial charge in [-0.3, -0.25) is 14.9 Å². The Morgan fingerprint density at radius 1 is 1.29 bits per heavy atom. The van der Waals surface area contributed by atoms with Crippen LogP contribution in [0.25, 0.3) is 0 Å². The summed E-state index contributed by atoms with van der Waals surface area (Å²) in [6.45, 7) is -0.0861. The molecule has 2 aromatic rings. The van der Waals surface area contributed by atoms with Gasteiger partial charge in [-0.05, 0) is 29.8 Å². The quantitative estimate of drug-likeness (QED) is 0.479. The van der Waals surface area contributed by atoms with Gasteiger partial charge in [0.2, 0.25) is 0 Å². The maximum absolute atomic E-state index is 13.3. The Balaban J connectivity index is 2.23. The Labute approximate surface area is 124 Å². The fraction of sp³-hybridized carbons (Fsp3) is 0.0714. The molecular formula is C14H9ClFNO4. The van der Waals surface area contributed by atoms with Crippen LogP contribution >= 0.6 is 11.6 Å². The largest absolute Gasteiger partial charge is 0.482 e. The zero-order valence-corrected chi connectivity index (χ0v) is 11.3. The highest BCUT2D eigenvalue weighted by molar-refractivity contribution is 6.30. The van der Waals surface area contributed by atoms with Crippen LogP contribution in [0.3, 0.4) is 0 Å². The van der Waals surface area contributed by atoms with Crippen molar-refractivity contribution in [1.29, 1.82) is 0 Å². The van der Waals surface area contributed by atoms with Crippen molar-refractivity contribution in [3.63, 3.8) is 0 Å². The average molecular weight is 310 g/mol. The van der Waals surface area contributed by atoms with Gasteiger partial charge in [0.15, 0.2) is 5.75 Å². The number of hydrogen-bond donors (Lipinski definition) is 0. The monoisotopic (exact) mass is 309 g/mol. The van der Waals surface area contributed by atoms with Crippen LogP contribution in [-0.2, 0) is 6.61 Å². The predicted molar refractivity (Wildman–Crippen MR) is 74.2 cm³/mol. The van der Waals surface area contributed by atoms with E-state index in [2.05, 4.69) is 0 Å². The number of nitrogens with zero attached hydrogens (tertiary/aromatic N) is 1. The second kappa shape index (κ2) is 6.32. The lowest BCUT2D eigenvalue weighted by atomic mass is 10.2. The van der Waals surface area contributed by atoms with Crippen LogP contribution in [0.1, 0.15) is 15.9 Å². The van der Waals surface area contributed by atoms with Crippen LogP contribution in [0.4, 0.5) is 10.1 Å². The number of ether oxygens (including phenoxy) is 1. The van der Waals surface area contributed by atoms with Crippen molar-refractivity contribution in [2.45, 2.75) is 6.61 Å². The van der Waals surface area contributed by atoms with E-state index in [1.807, 2.05) is 0 Å². The molecule has 0 aliphatic carbocycles. The molecule has 0 N–H and O–H groups in total. The molecule has 21 heavy (non-hydrogen) atoms. The number of carbonyl (C=O) groups is 1. The first-order valence-corrected chi connectivity index (χ1v) is 6.19. The van der Waals surface area contributed by atoms with Gasteiger partial charge in [0.05, 0.1) is 9.95 Å². The second-order valence-electron chi connectivity index (χ2n) is 4.14. The van der Waals surface area contributed by atoms with E-state index in [1.165, 1.54) is 30.3 Å². The number of benzene rings is 2. The summed E-state index contributed by atoms with van der Waals surface area (Å²) in [5, 5.41) is 10.9. The van der Waals surface area contributed by atoms with Gasteiger partial charge in [-0.1, -0.05) is 17.7 Å². The summed E-state index contributed by atoms with van der Waals surface area (Å²) in [4.78, 5) is 21.0. The van der Waals surface area contributed by atoms with Crippen LogP contribution in [-0.4, -0.2) is 11.2 Å². The van der Waals surface area contributed by atoms with Gasteiger partial charge < -0.3 is 4.74 Å². The maximum Gasteiger partial charge on any atom is 0.310 e. The van der Waals surface area contributed by atoms with E-state index < -0.39 is 10.7 Å². The zero-order chi connectivity index (χ0) is 15.4. The highest BCUT2D eigenvalue weighted by atomic mass is 35.5. The molecule has 5 nitrogen and oxygen atoms in total. The fourth-order valence-corrected chi connectivity index (χ4v) is 1.78. The molecule has 0 aliphatic rings. The van der Waals surface area contributed by atoms with E-state index in [9.17, 15) is 19.3 Å². The lowest BCUT2D eigenvalue weighted by Gasteiger charge is -2.08. The van der Waals surface area contributed by atoms with Crippen LogP contribution in [0.5, 0.6) is 5.75 Å². The SMILES string of the molecule is O=Cc1ccc([N+](=O)[O-])c(OCc2ccc(Cl)c(F)c2)c1. The van der Waals surface area contributed by atoms with Gasteiger partial charge in [-0.15, -0.1) is 0 Å². The molecule has 0 spiro atoms. The van der Waals surface area contributed by atoms with Crippen molar-refractivity contribution in [2.24, 2.45) is 0 Å². The predicted octanol–water partition coefficient (Wildman–Crippen LogP) is 3.78. The Bertz CT molecular complexity index is 705. The third-order valence-corrected chi connectivity index (χ3v) is 3.00. The summed E-state index contributed by atoms with van der Waals surface area (Å²) in [7, 11) is 0. The zero-order valence-electron chi connectivity index (χ0n) is 10.6. The lowest BCUT2D eigenvalue weighted by Crippen LogP contribution is -2.00. The summed E-state index contributed by atoms with van der Waals surface area (Å²) in [6.07, 6.45) is 0.554. The summed E-state index contributed by atoms with van der Waals surface area (Å²) >= 11 is 5.56. The molecule has 0 heterocycles. The van der Waals surface area contributed by atoms with E-state index in [0.717, 1.165) is 0 Å². The molecule has 0 saturated carbocycles. The average Bonchev–Trinajstić information content (AvgIpc) is 2.48. The molecule has 2 rings (SSSR count). The van der Waals surface area contributed by atoms with E-state index in [1.54, 1.807) is 6.07 Å². The van der Waals surface area contributed by atoms with Crippen molar-refractivity contribution >= 4 is 23.6 Å². The fourth-order valence-electron chi connectivity index (χ4n) is 1.66. The Hall–Kier alpha value is -2.47. The van der Waals surface area contributed by atoms with E-state index in [4.69, 9.17) is 16.3 Å². The first kappa shape index (κ1) is 14.9. The minimum atomic E-state index is -0.619. The van der Waals surface area contributed by atoms with Crippen molar-refractivity contribution in [3.05, 3.63) is 68.5 Å². The van der Waals surface area contributed by atoms with Gasteiger partial charge in [0.1, 0.15) is 18.7 Å². The normalized spacial score (nSPS) is 10.2. The summed E-state index contributed by atoms with van der Waals surface area (Å²) in [6, 6.07) is 7.85. The van der Waals surface area contributed by atoms with E-state index in [-0.39, 0.29) is 28.6 Å². The standard InChI is InChI=1S/C14H9ClFNO4/c15-11-3-1-10(5-12(11)16)8-21-14-6-9(7-18)2-4-13(14)17(19)20/h1-7H,8H2. The third kappa shape index (κ3) is 3.55. The molecule has 0 radical (unpaired) electrons. The molecular weight excluding hydrogens is 301 g/mol. The van der Waals surface area contributed by atoms with Crippen molar-refractivity contribution in [2.75, 3.05) is 0 Å². The number of hydrogen-bond acceptors (Lipinski definition) is 4. The molecule has 7 heteroatoms. The molecule has 0 aliphatic heterocycles. The smallest absolute Gasteiger partial charge is 0.310 e. The van der Waals surface area contributed by atoms with Crippen LogP contribution in [0.15, 0.2) is 36.4 Å². The third-order valence-electron chi connectivity index (χ3n) is 2.69. The molecule has 0 bridgehead atoms. The summed E-state index contributed by atoms with van der Waals surface area (Å²) in [5.74, 6) is -0.658. The van der Waals surface area contributed by atoms with Crippen LogP contribution < -0.4 is 4.74 Å². The highest BCUT2D eigenvalue weighted by Crippen LogP contribution is 2.28. The van der Waals surface area contributed by atoms with Crippen molar-refractivity contribution in [3.8, 4) is 5.75 Å². The van der Waals surface area contributed by atoms with Crippen LogP contribution in [0, 0.1) is 15.9 Å². The minimum Gasteiger partial charge on any atom is -0.482 e. The molecule has 0 unspecified atom stereocenters. The summed E-state index contributed by atoms with van der Waals surface area (Å²) in [5.41, 5.74) is 0.440. The molecule has 0 aromatic heterocycles. The second-order valence-corrected chi connectivity index (χ2v) is 4.55. The van der Waals surface area contributed by atoms with E-state index >= 15 is 0 Å². The van der Waals surface area contributed by atoms with Gasteiger partial charge in [-0.2, -0.15) is 0 Å². The van der Waals surface area contributed by atoms with Crippen molar-refractivity contribution < 1.29 is 18.8 Å². The first-order chi connectivity index (χ1) is 10.0. The topological polar surface area (TPSA) is 69.4 Å². The number of nitro groups is 1. The Morgan fingerprint density at radius 2 is 2.05 bits per heavy atom. The Morgan fingerprint density at radius 3 is 2.67 bits per heavy atom. The molecule has 0 amide bonds. The maximum atomic E-state index is 13.3. The lowest BCUT2D eigenvalue weighted by molar-refractivity contribution is -0.385. The highest BCUT2D eigenvalue weighted by Gasteiger charge is 2.16. The molecule has 0 saturated heterocycles. The molecule has 2 aromatic carbocycles. The number of nitro benzene ring substituents is 1. The molecule has 0 atom stereocenters. The van der Waals surface area contributed by atoms with E-state index in [0.29, 0.717) is 11.8 Å². The van der Waals surface area contributed by atoms with Crippen LogP contribution in [0.2, 0.25) is 5.02 Å². The molecule has 0 fully saturated rings. The first-order valence-electron chi connectivity index (χ1n) is 5.81. The number of carbonyl (C=O) groups excluding carboxylic acids is 1. The minimum absolute atomic E-state index is 0.0207. The van der Waals surface area contributed by atoms with Gasteiger partial charge in [-0.25, -0.2) is 4.39 Å². The number of aldehydes is 1. The van der Waals surface area contributed by atoms with Crippen molar-refractivity contribution in [1.82, 2.24) is 0 Å². The Kier molecular flexibility index (Phi) is 4.49. The van der Waals surface area contributed by atoms with Gasteiger partial charge in [0.25, 0.3) is 0 Å². The van der Waals surface area contributed by atoms with Gasteiger partial charge in [0, 0.05) is 11.6 Å². The summed E-state index contributed by atoms with van der Waals surface area (Å²) < 4.78 is 18.6. The molecule has 108 valence electrons. The van der Waals surface area contributed by atoms with Gasteiger partial charge >= 0.3 is 5.69 Å². The number of rotatable bonds is 5. The number of halogens is 2.